The number of nitrogens with zero attached hydrogens (tertiary/aromatic N) is 1. The van der Waals surface area contributed by atoms with Crippen LogP contribution in [0.1, 0.15) is 34.7 Å². The van der Waals surface area contributed by atoms with Crippen molar-refractivity contribution in [3.63, 3.8) is 0 Å². The number of ether oxygens (including phenoxy) is 2. The normalized spacial score (nSPS) is 14.6. The van der Waals surface area contributed by atoms with Crippen molar-refractivity contribution in [2.45, 2.75) is 18.8 Å². The molecule has 1 aromatic rings. The smallest absolute Gasteiger partial charge is 0.341 e. The summed E-state index contributed by atoms with van der Waals surface area (Å²) in [6.45, 7) is 0. The van der Waals surface area contributed by atoms with Crippen molar-refractivity contribution in [2.24, 2.45) is 0 Å². The van der Waals surface area contributed by atoms with E-state index in [9.17, 15) is 4.79 Å². The fraction of sp³-hybridized carbons (Fsp3) is 0.455. The van der Waals surface area contributed by atoms with Gasteiger partial charge in [-0.25, -0.2) is 4.79 Å². The van der Waals surface area contributed by atoms with Crippen LogP contribution in [0.3, 0.4) is 0 Å². The molecule has 0 bridgehead atoms. The third-order valence-electron chi connectivity index (χ3n) is 2.63. The summed E-state index contributed by atoms with van der Waals surface area (Å²) < 4.78 is 10.0. The zero-order valence-corrected chi connectivity index (χ0v) is 9.19. The molecule has 0 radical (unpaired) electrons. The molecule has 0 spiro atoms. The first-order valence-electron chi connectivity index (χ1n) is 5.03. The van der Waals surface area contributed by atoms with Crippen LogP contribution in [0.4, 0.5) is 0 Å². The number of pyridine rings is 1. The van der Waals surface area contributed by atoms with Crippen molar-refractivity contribution in [3.05, 3.63) is 17.2 Å². The highest BCUT2D eigenvalue weighted by molar-refractivity contribution is 5.92. The topological polar surface area (TPSA) is 68.7 Å². The van der Waals surface area contributed by atoms with Crippen molar-refractivity contribution in [2.75, 3.05) is 14.2 Å². The molecule has 0 saturated heterocycles. The summed E-state index contributed by atoms with van der Waals surface area (Å²) in [5.41, 5.74) is 0.919. The highest BCUT2D eigenvalue weighted by Gasteiger charge is 2.31. The van der Waals surface area contributed by atoms with Crippen molar-refractivity contribution >= 4 is 5.97 Å². The van der Waals surface area contributed by atoms with Crippen LogP contribution in [0.15, 0.2) is 6.07 Å². The van der Waals surface area contributed by atoms with Crippen LogP contribution in [-0.2, 0) is 0 Å². The summed E-state index contributed by atoms with van der Waals surface area (Å²) in [5.74, 6) is -0.191. The largest absolute Gasteiger partial charge is 0.481 e. The van der Waals surface area contributed by atoms with Crippen LogP contribution >= 0.6 is 0 Å². The second kappa shape index (κ2) is 4.00. The average molecular weight is 223 g/mol. The van der Waals surface area contributed by atoms with Gasteiger partial charge in [0.2, 0.25) is 11.8 Å². The Morgan fingerprint density at radius 3 is 2.56 bits per heavy atom. The first-order chi connectivity index (χ1) is 7.67. The molecule has 5 heteroatoms. The molecule has 1 aliphatic rings. The van der Waals surface area contributed by atoms with E-state index in [0.717, 1.165) is 18.4 Å². The van der Waals surface area contributed by atoms with Gasteiger partial charge in [0.25, 0.3) is 0 Å². The number of aromatic carboxylic acids is 1. The highest BCUT2D eigenvalue weighted by Crippen LogP contribution is 2.44. The minimum Gasteiger partial charge on any atom is -0.481 e. The maximum absolute atomic E-state index is 11.2. The van der Waals surface area contributed by atoms with Crippen molar-refractivity contribution in [1.29, 1.82) is 0 Å². The third kappa shape index (κ3) is 1.80. The number of carboxylic acids is 1. The van der Waals surface area contributed by atoms with E-state index in [1.807, 2.05) is 0 Å². The molecule has 16 heavy (non-hydrogen) atoms. The number of carbonyl (C=O) groups is 1. The number of carboxylic acid groups (broad SMARTS) is 1. The summed E-state index contributed by atoms with van der Waals surface area (Å²) in [6.07, 6.45) is 2.02. The summed E-state index contributed by atoms with van der Waals surface area (Å²) in [4.78, 5) is 15.1. The monoisotopic (exact) mass is 223 g/mol. The number of hydrogen-bond donors (Lipinski definition) is 1. The Labute approximate surface area is 93.0 Å². The minimum absolute atomic E-state index is 0.119. The fourth-order valence-electron chi connectivity index (χ4n) is 1.70. The lowest BCUT2D eigenvalue weighted by molar-refractivity contribution is 0.0691. The first kappa shape index (κ1) is 10.7. The predicted octanol–water partition coefficient (Wildman–Crippen LogP) is 1.67. The van der Waals surface area contributed by atoms with E-state index in [-0.39, 0.29) is 11.4 Å². The molecule has 1 N–H and O–H groups in total. The van der Waals surface area contributed by atoms with Gasteiger partial charge in [-0.15, -0.1) is 0 Å². The van der Waals surface area contributed by atoms with E-state index in [4.69, 9.17) is 14.6 Å². The molecule has 1 aliphatic carbocycles. The molecule has 1 fully saturated rings. The number of hydrogen-bond acceptors (Lipinski definition) is 4. The molecule has 0 amide bonds. The Morgan fingerprint density at radius 1 is 1.44 bits per heavy atom. The molecule has 1 aromatic heterocycles. The van der Waals surface area contributed by atoms with Crippen molar-refractivity contribution in [3.8, 4) is 11.8 Å². The van der Waals surface area contributed by atoms with Gasteiger partial charge in [-0.05, 0) is 24.3 Å². The Kier molecular flexibility index (Phi) is 2.68. The van der Waals surface area contributed by atoms with E-state index in [1.165, 1.54) is 14.2 Å². The number of rotatable bonds is 4. The van der Waals surface area contributed by atoms with Crippen molar-refractivity contribution < 1.29 is 19.4 Å². The fourth-order valence-corrected chi connectivity index (χ4v) is 1.70. The Hall–Kier alpha value is -1.78. The SMILES string of the molecule is COc1cc(C2CC2)c(C(=O)O)c(OC)n1. The molecular formula is C11H13NO4. The molecule has 0 atom stereocenters. The molecule has 0 aromatic carbocycles. The summed E-state index contributed by atoms with van der Waals surface area (Å²) in [7, 11) is 2.91. The maximum Gasteiger partial charge on any atom is 0.341 e. The first-order valence-corrected chi connectivity index (χ1v) is 5.03. The van der Waals surface area contributed by atoms with Gasteiger partial charge >= 0.3 is 5.97 Å². The second-order valence-electron chi connectivity index (χ2n) is 3.72. The van der Waals surface area contributed by atoms with Gasteiger partial charge in [-0.1, -0.05) is 0 Å². The molecule has 0 aliphatic heterocycles. The van der Waals surface area contributed by atoms with E-state index < -0.39 is 5.97 Å². The molecule has 0 unspecified atom stereocenters. The third-order valence-corrected chi connectivity index (χ3v) is 2.63. The van der Waals surface area contributed by atoms with Gasteiger partial charge in [0, 0.05) is 6.07 Å². The Morgan fingerprint density at radius 2 is 2.12 bits per heavy atom. The van der Waals surface area contributed by atoms with Gasteiger partial charge in [0.05, 0.1) is 14.2 Å². The van der Waals surface area contributed by atoms with Gasteiger partial charge in [-0.3, -0.25) is 0 Å². The van der Waals surface area contributed by atoms with Crippen LogP contribution in [0.5, 0.6) is 11.8 Å². The van der Waals surface area contributed by atoms with Gasteiger partial charge < -0.3 is 14.6 Å². The number of methoxy groups -OCH3 is 2. The molecular weight excluding hydrogens is 210 g/mol. The van der Waals surface area contributed by atoms with Crippen LogP contribution in [-0.4, -0.2) is 30.3 Å². The van der Waals surface area contributed by atoms with E-state index >= 15 is 0 Å². The lowest BCUT2D eigenvalue weighted by atomic mass is 10.1. The molecule has 2 rings (SSSR count). The van der Waals surface area contributed by atoms with Crippen LogP contribution < -0.4 is 9.47 Å². The van der Waals surface area contributed by atoms with E-state index in [1.54, 1.807) is 6.07 Å². The van der Waals surface area contributed by atoms with Crippen LogP contribution in [0.25, 0.3) is 0 Å². The summed E-state index contributed by atoms with van der Waals surface area (Å²) in [5, 5.41) is 9.16. The highest BCUT2D eigenvalue weighted by atomic mass is 16.5. The van der Waals surface area contributed by atoms with Crippen LogP contribution in [0, 0.1) is 0 Å². The molecule has 5 nitrogen and oxygen atoms in total. The Balaban J connectivity index is 2.57. The minimum atomic E-state index is -1.01. The molecule has 86 valence electrons. The zero-order chi connectivity index (χ0) is 11.7. The standard InChI is InChI=1S/C11H13NO4/c1-15-8-5-7(6-3-4-6)9(11(13)14)10(12-8)16-2/h5-6H,3-4H2,1-2H3,(H,13,14). The zero-order valence-electron chi connectivity index (χ0n) is 9.19. The average Bonchev–Trinajstić information content (AvgIpc) is 3.10. The second-order valence-corrected chi connectivity index (χ2v) is 3.72. The van der Waals surface area contributed by atoms with Gasteiger partial charge in [0.15, 0.2) is 0 Å². The Bertz CT molecular complexity index is 426. The summed E-state index contributed by atoms with van der Waals surface area (Å²) >= 11 is 0. The van der Waals surface area contributed by atoms with E-state index in [0.29, 0.717) is 11.8 Å². The van der Waals surface area contributed by atoms with E-state index in [2.05, 4.69) is 4.98 Å². The molecule has 1 heterocycles. The van der Waals surface area contributed by atoms with Gasteiger partial charge in [0.1, 0.15) is 5.56 Å². The van der Waals surface area contributed by atoms with Crippen molar-refractivity contribution in [1.82, 2.24) is 4.98 Å². The lowest BCUT2D eigenvalue weighted by Gasteiger charge is -2.11. The summed E-state index contributed by atoms with van der Waals surface area (Å²) in [6, 6.07) is 1.68. The quantitative estimate of drug-likeness (QED) is 0.840. The maximum atomic E-state index is 11.2. The predicted molar refractivity (Wildman–Crippen MR) is 56.3 cm³/mol. The lowest BCUT2D eigenvalue weighted by Crippen LogP contribution is -2.07. The van der Waals surface area contributed by atoms with Gasteiger partial charge in [-0.2, -0.15) is 4.98 Å². The van der Waals surface area contributed by atoms with Crippen LogP contribution in [0.2, 0.25) is 0 Å². The molecule has 1 saturated carbocycles. The number of aromatic nitrogens is 1.